The Hall–Kier alpha value is -0.790. The third-order valence-corrected chi connectivity index (χ3v) is 1.89. The molecule has 0 amide bonds. The minimum absolute atomic E-state index is 0.508. The van der Waals surface area contributed by atoms with Gasteiger partial charge in [-0.1, -0.05) is 20.8 Å². The highest BCUT2D eigenvalue weighted by atomic mass is 14.9. The Labute approximate surface area is 68.0 Å². The summed E-state index contributed by atoms with van der Waals surface area (Å²) in [6.45, 7) is 8.51. The Balaban J connectivity index is 2.95. The van der Waals surface area contributed by atoms with E-state index in [0.717, 1.165) is 12.2 Å². The maximum atomic E-state index is 4.47. The van der Waals surface area contributed by atoms with Crippen LogP contribution < -0.4 is 0 Å². The van der Waals surface area contributed by atoms with Gasteiger partial charge in [-0.2, -0.15) is 0 Å². The van der Waals surface area contributed by atoms with Crippen LogP contribution in [0.2, 0.25) is 0 Å². The molecule has 1 rings (SSSR count). The molecule has 0 radical (unpaired) electrons. The van der Waals surface area contributed by atoms with Crippen LogP contribution in [-0.2, 0) is 6.42 Å². The van der Waals surface area contributed by atoms with Gasteiger partial charge in [0.05, 0.1) is 5.69 Å². The van der Waals surface area contributed by atoms with E-state index in [9.17, 15) is 0 Å². The monoisotopic (exact) mass is 152 g/mol. The van der Waals surface area contributed by atoms with Crippen LogP contribution in [0.25, 0.3) is 0 Å². The predicted octanol–water partition coefficient (Wildman–Crippen LogP) is 2.40. The van der Waals surface area contributed by atoms with E-state index >= 15 is 0 Å². The molecule has 2 nitrogen and oxygen atoms in total. The van der Waals surface area contributed by atoms with E-state index in [1.54, 1.807) is 0 Å². The molecule has 0 aliphatic carbocycles. The van der Waals surface area contributed by atoms with Crippen LogP contribution in [0.15, 0.2) is 0 Å². The van der Waals surface area contributed by atoms with Crippen LogP contribution in [0.4, 0.5) is 0 Å². The molecule has 0 aromatic carbocycles. The van der Waals surface area contributed by atoms with Crippen LogP contribution in [0, 0.1) is 6.92 Å². The highest BCUT2D eigenvalue weighted by Gasteiger charge is 2.06. The predicted molar refractivity (Wildman–Crippen MR) is 46.8 cm³/mol. The molecular weight excluding hydrogens is 136 g/mol. The molecule has 62 valence electrons. The lowest BCUT2D eigenvalue weighted by molar-refractivity contribution is 0.788. The van der Waals surface area contributed by atoms with Crippen molar-refractivity contribution in [1.82, 2.24) is 9.97 Å². The summed E-state index contributed by atoms with van der Waals surface area (Å²) in [7, 11) is 0. The van der Waals surface area contributed by atoms with Gasteiger partial charge in [0.1, 0.15) is 5.82 Å². The van der Waals surface area contributed by atoms with E-state index in [0.29, 0.717) is 5.92 Å². The zero-order chi connectivity index (χ0) is 8.43. The standard InChI is InChI=1S/C9H16N2/c1-5-8-7(4)10-9(11-8)6(2)3/h6H,5H2,1-4H3,(H,10,11). The molecule has 2 heteroatoms. The third kappa shape index (κ3) is 1.62. The van der Waals surface area contributed by atoms with Crippen LogP contribution in [0.3, 0.4) is 0 Å². The van der Waals surface area contributed by atoms with Crippen LogP contribution in [0.1, 0.15) is 43.9 Å². The summed E-state index contributed by atoms with van der Waals surface area (Å²) >= 11 is 0. The Bertz CT molecular complexity index is 236. The van der Waals surface area contributed by atoms with Crippen LogP contribution in [-0.4, -0.2) is 9.97 Å². The summed E-state index contributed by atoms with van der Waals surface area (Å²) in [4.78, 5) is 7.76. The van der Waals surface area contributed by atoms with Gasteiger partial charge in [-0.15, -0.1) is 0 Å². The van der Waals surface area contributed by atoms with Crippen molar-refractivity contribution >= 4 is 0 Å². The molecule has 0 atom stereocenters. The van der Waals surface area contributed by atoms with Gasteiger partial charge in [-0.05, 0) is 13.3 Å². The average molecular weight is 152 g/mol. The summed E-state index contributed by atoms with van der Waals surface area (Å²) in [5, 5.41) is 0. The topological polar surface area (TPSA) is 28.7 Å². The van der Waals surface area contributed by atoms with Crippen molar-refractivity contribution in [1.29, 1.82) is 0 Å². The summed E-state index contributed by atoms with van der Waals surface area (Å²) in [6, 6.07) is 0. The van der Waals surface area contributed by atoms with Gasteiger partial charge < -0.3 is 4.98 Å². The van der Waals surface area contributed by atoms with E-state index in [1.807, 2.05) is 0 Å². The van der Waals surface area contributed by atoms with E-state index in [2.05, 4.69) is 37.7 Å². The number of imidazole rings is 1. The third-order valence-electron chi connectivity index (χ3n) is 1.89. The molecule has 1 heterocycles. The number of aromatic amines is 1. The van der Waals surface area contributed by atoms with E-state index in [-0.39, 0.29) is 0 Å². The highest BCUT2D eigenvalue weighted by molar-refractivity contribution is 5.14. The van der Waals surface area contributed by atoms with Crippen molar-refractivity contribution in [2.45, 2.75) is 40.0 Å². The Morgan fingerprint density at radius 2 is 2.09 bits per heavy atom. The first-order valence-corrected chi connectivity index (χ1v) is 4.20. The van der Waals surface area contributed by atoms with E-state index < -0.39 is 0 Å². The van der Waals surface area contributed by atoms with Crippen molar-refractivity contribution in [2.75, 3.05) is 0 Å². The molecule has 11 heavy (non-hydrogen) atoms. The van der Waals surface area contributed by atoms with Gasteiger partial charge >= 0.3 is 0 Å². The van der Waals surface area contributed by atoms with Gasteiger partial charge in [0.2, 0.25) is 0 Å². The number of hydrogen-bond acceptors (Lipinski definition) is 1. The molecule has 0 aliphatic heterocycles. The fraction of sp³-hybridized carbons (Fsp3) is 0.667. The number of hydrogen-bond donors (Lipinski definition) is 1. The highest BCUT2D eigenvalue weighted by Crippen LogP contribution is 2.13. The number of rotatable bonds is 2. The second-order valence-corrected chi connectivity index (χ2v) is 3.20. The number of H-pyrrole nitrogens is 1. The lowest BCUT2D eigenvalue weighted by Crippen LogP contribution is -1.89. The Kier molecular flexibility index (Phi) is 2.32. The molecular formula is C9H16N2. The number of aromatic nitrogens is 2. The number of aryl methyl sites for hydroxylation is 2. The first-order valence-electron chi connectivity index (χ1n) is 4.20. The summed E-state index contributed by atoms with van der Waals surface area (Å²) in [5.41, 5.74) is 2.42. The normalized spacial score (nSPS) is 11.0. The molecule has 0 bridgehead atoms. The Morgan fingerprint density at radius 1 is 1.45 bits per heavy atom. The van der Waals surface area contributed by atoms with Crippen molar-refractivity contribution in [3.05, 3.63) is 17.2 Å². The zero-order valence-corrected chi connectivity index (χ0v) is 7.73. The minimum Gasteiger partial charge on any atom is -0.346 e. The molecule has 0 unspecified atom stereocenters. The SMILES string of the molecule is CCc1nc(C(C)C)[nH]c1C. The molecule has 1 N–H and O–H groups in total. The first kappa shape index (κ1) is 8.31. The van der Waals surface area contributed by atoms with Gasteiger partial charge in [0, 0.05) is 11.6 Å². The number of nitrogens with zero attached hydrogens (tertiary/aromatic N) is 1. The zero-order valence-electron chi connectivity index (χ0n) is 7.73. The second-order valence-electron chi connectivity index (χ2n) is 3.20. The lowest BCUT2D eigenvalue weighted by Gasteiger charge is -1.96. The van der Waals surface area contributed by atoms with Crippen molar-refractivity contribution in [3.63, 3.8) is 0 Å². The minimum atomic E-state index is 0.508. The van der Waals surface area contributed by atoms with Crippen molar-refractivity contribution in [3.8, 4) is 0 Å². The smallest absolute Gasteiger partial charge is 0.109 e. The van der Waals surface area contributed by atoms with Gasteiger partial charge in [0.25, 0.3) is 0 Å². The fourth-order valence-corrected chi connectivity index (χ4v) is 1.14. The Morgan fingerprint density at radius 3 is 2.36 bits per heavy atom. The van der Waals surface area contributed by atoms with Crippen molar-refractivity contribution < 1.29 is 0 Å². The van der Waals surface area contributed by atoms with E-state index in [1.165, 1.54) is 11.4 Å². The molecule has 0 saturated carbocycles. The second kappa shape index (κ2) is 3.07. The average Bonchev–Trinajstić information content (AvgIpc) is 2.31. The van der Waals surface area contributed by atoms with Crippen LogP contribution in [0.5, 0.6) is 0 Å². The first-order chi connectivity index (χ1) is 5.15. The molecule has 0 spiro atoms. The molecule has 0 saturated heterocycles. The van der Waals surface area contributed by atoms with Gasteiger partial charge in [-0.25, -0.2) is 4.98 Å². The molecule has 1 aromatic heterocycles. The fourth-order valence-electron chi connectivity index (χ4n) is 1.14. The van der Waals surface area contributed by atoms with Crippen LogP contribution >= 0.6 is 0 Å². The maximum absolute atomic E-state index is 4.47. The summed E-state index contributed by atoms with van der Waals surface area (Å²) in [6.07, 6.45) is 1.02. The molecule has 0 aliphatic rings. The lowest BCUT2D eigenvalue weighted by atomic mass is 10.2. The summed E-state index contributed by atoms with van der Waals surface area (Å²) < 4.78 is 0. The number of nitrogens with one attached hydrogen (secondary N) is 1. The van der Waals surface area contributed by atoms with Crippen molar-refractivity contribution in [2.24, 2.45) is 0 Å². The van der Waals surface area contributed by atoms with Gasteiger partial charge in [-0.3, -0.25) is 0 Å². The molecule has 0 fully saturated rings. The summed E-state index contributed by atoms with van der Waals surface area (Å²) in [5.74, 6) is 1.62. The quantitative estimate of drug-likeness (QED) is 0.692. The van der Waals surface area contributed by atoms with Gasteiger partial charge in [0.15, 0.2) is 0 Å². The largest absolute Gasteiger partial charge is 0.346 e. The molecule has 1 aromatic rings. The van der Waals surface area contributed by atoms with E-state index in [4.69, 9.17) is 0 Å². The maximum Gasteiger partial charge on any atom is 0.109 e.